The Labute approximate surface area is 172 Å². The Hall–Kier alpha value is 0.1000. The van der Waals surface area contributed by atoms with Crippen molar-refractivity contribution in [3.05, 3.63) is 0 Å². The molecule has 0 radical (unpaired) electrons. The van der Waals surface area contributed by atoms with Crippen molar-refractivity contribution in [1.29, 1.82) is 0 Å². The second-order valence-corrected chi connectivity index (χ2v) is 7.07. The molecule has 1 aliphatic heterocycles. The molecular weight excluding hydrogens is 387 g/mol. The first-order valence-corrected chi connectivity index (χ1v) is 9.03. The van der Waals surface area contributed by atoms with Crippen LogP contribution in [0.25, 0.3) is 0 Å². The second kappa shape index (κ2) is 11.8. The van der Waals surface area contributed by atoms with Crippen molar-refractivity contribution in [3.8, 4) is 0 Å². The minimum Gasteiger partial charge on any atom is -0.748 e. The van der Waals surface area contributed by atoms with Crippen molar-refractivity contribution in [2.75, 3.05) is 25.5 Å². The Balaban J connectivity index is 0.00000625. The Bertz CT molecular complexity index is 534. The van der Waals surface area contributed by atoms with Crippen LogP contribution in [0.4, 0.5) is 0 Å². The van der Waals surface area contributed by atoms with Crippen LogP contribution in [0, 0.1) is 0 Å². The van der Waals surface area contributed by atoms with E-state index in [9.17, 15) is 33.1 Å². The van der Waals surface area contributed by atoms with Crippen molar-refractivity contribution in [2.45, 2.75) is 43.2 Å². The molecule has 1 heterocycles. The van der Waals surface area contributed by atoms with Crippen LogP contribution in [0.2, 0.25) is 0 Å². The largest absolute Gasteiger partial charge is 1.00 e. The number of amides is 1. The van der Waals surface area contributed by atoms with Crippen LogP contribution in [0.3, 0.4) is 0 Å². The number of aliphatic hydroxyl groups excluding tert-OH is 4. The standard InChI is InChI=1S/C12H24N2O10S.Na/c13-6(11(19)14-2-1-3-25(20,21)22)5-23-12-10(18)9(17)8(16)7(4-15)24-12;/h6-10,12,15-18H,1-5,13H2,(H,14,19)(H,20,21,22);/q;+1/p-1/t6-,7+,8+,9-,10+,12+;/m0./s1. The van der Waals surface area contributed by atoms with E-state index in [-0.39, 0.29) is 42.5 Å². The summed E-state index contributed by atoms with van der Waals surface area (Å²) in [6.07, 6.45) is -7.40. The maximum Gasteiger partial charge on any atom is 1.00 e. The maximum absolute atomic E-state index is 11.7. The van der Waals surface area contributed by atoms with Gasteiger partial charge in [-0.2, -0.15) is 0 Å². The molecule has 0 bridgehead atoms. The van der Waals surface area contributed by atoms with Gasteiger partial charge in [0.2, 0.25) is 5.91 Å². The van der Waals surface area contributed by atoms with E-state index in [1.165, 1.54) is 0 Å². The molecule has 1 aliphatic rings. The molecule has 6 atom stereocenters. The fourth-order valence-electron chi connectivity index (χ4n) is 2.07. The van der Waals surface area contributed by atoms with E-state index in [0.29, 0.717) is 0 Å². The van der Waals surface area contributed by atoms with Gasteiger partial charge in [0.1, 0.15) is 30.5 Å². The van der Waals surface area contributed by atoms with Gasteiger partial charge < -0.3 is 45.5 Å². The summed E-state index contributed by atoms with van der Waals surface area (Å²) in [7, 11) is -4.36. The molecule has 0 aliphatic carbocycles. The monoisotopic (exact) mass is 410 g/mol. The van der Waals surface area contributed by atoms with E-state index in [2.05, 4.69) is 5.32 Å². The van der Waals surface area contributed by atoms with Gasteiger partial charge in [0.25, 0.3) is 0 Å². The van der Waals surface area contributed by atoms with E-state index >= 15 is 0 Å². The van der Waals surface area contributed by atoms with Crippen LogP contribution < -0.4 is 40.6 Å². The first kappa shape index (κ1) is 26.1. The molecule has 26 heavy (non-hydrogen) atoms. The number of ether oxygens (including phenoxy) is 2. The van der Waals surface area contributed by atoms with Crippen LogP contribution >= 0.6 is 0 Å². The molecule has 12 nitrogen and oxygen atoms in total. The van der Waals surface area contributed by atoms with Crippen LogP contribution in [-0.4, -0.2) is 102 Å². The summed E-state index contributed by atoms with van der Waals surface area (Å²) in [4.78, 5) is 11.7. The van der Waals surface area contributed by atoms with Crippen LogP contribution in [0.1, 0.15) is 6.42 Å². The minimum atomic E-state index is -4.36. The van der Waals surface area contributed by atoms with Gasteiger partial charge in [-0.05, 0) is 6.42 Å². The molecule has 0 unspecified atom stereocenters. The number of rotatable bonds is 9. The Morgan fingerprint density at radius 3 is 2.42 bits per heavy atom. The number of nitrogens with two attached hydrogens (primary N) is 1. The molecule has 0 saturated carbocycles. The normalized spacial score (nSPS) is 30.3. The zero-order chi connectivity index (χ0) is 19.2. The van der Waals surface area contributed by atoms with E-state index in [1.807, 2.05) is 0 Å². The SMILES string of the molecule is N[C@@H](CO[C@@H]1O[C@H](CO)[C@@H](O)[C@H](O)[C@H]1O)C(=O)NCCCS(=O)(=O)[O-].[Na+]. The van der Waals surface area contributed by atoms with Crippen LogP contribution in [-0.2, 0) is 24.4 Å². The Kier molecular flexibility index (Phi) is 11.9. The fraction of sp³-hybridized carbons (Fsp3) is 0.917. The molecule has 0 aromatic heterocycles. The third-order valence-electron chi connectivity index (χ3n) is 3.50. The molecule has 14 heteroatoms. The summed E-state index contributed by atoms with van der Waals surface area (Å²) < 4.78 is 41.4. The summed E-state index contributed by atoms with van der Waals surface area (Å²) in [6.45, 7) is -1.12. The molecule has 0 aromatic carbocycles. The van der Waals surface area contributed by atoms with Crippen LogP contribution in [0.15, 0.2) is 0 Å². The van der Waals surface area contributed by atoms with Crippen molar-refractivity contribution in [2.24, 2.45) is 5.73 Å². The zero-order valence-electron chi connectivity index (χ0n) is 14.2. The van der Waals surface area contributed by atoms with Gasteiger partial charge in [0.05, 0.1) is 23.3 Å². The average molecular weight is 410 g/mol. The van der Waals surface area contributed by atoms with Gasteiger partial charge in [0.15, 0.2) is 6.29 Å². The van der Waals surface area contributed by atoms with E-state index in [0.717, 1.165) is 0 Å². The zero-order valence-corrected chi connectivity index (χ0v) is 17.0. The van der Waals surface area contributed by atoms with Crippen LogP contribution in [0.5, 0.6) is 0 Å². The second-order valence-electron chi connectivity index (χ2n) is 5.54. The quantitative estimate of drug-likeness (QED) is 0.119. The number of carbonyl (C=O) groups excluding carboxylic acids is 1. The molecule has 0 aromatic rings. The summed E-state index contributed by atoms with van der Waals surface area (Å²) in [5, 5.41) is 40.3. The summed E-state index contributed by atoms with van der Waals surface area (Å²) in [5.41, 5.74) is 5.56. The average Bonchev–Trinajstić information content (AvgIpc) is 2.54. The number of aliphatic hydroxyl groups is 4. The van der Waals surface area contributed by atoms with E-state index in [4.69, 9.17) is 20.3 Å². The maximum atomic E-state index is 11.7. The van der Waals surface area contributed by atoms with Crippen molar-refractivity contribution >= 4 is 16.0 Å². The summed E-state index contributed by atoms with van der Waals surface area (Å²) in [5.74, 6) is -1.31. The molecule has 148 valence electrons. The predicted octanol–water partition coefficient (Wildman–Crippen LogP) is -7.81. The topological polar surface area (TPSA) is 212 Å². The van der Waals surface area contributed by atoms with E-state index in [1.54, 1.807) is 0 Å². The molecule has 1 fully saturated rings. The summed E-state index contributed by atoms with van der Waals surface area (Å²) in [6, 6.07) is -1.20. The van der Waals surface area contributed by atoms with Crippen molar-refractivity contribution < 1.29 is 77.2 Å². The fourth-order valence-corrected chi connectivity index (χ4v) is 2.57. The van der Waals surface area contributed by atoms with Gasteiger partial charge in [0, 0.05) is 12.3 Å². The van der Waals surface area contributed by atoms with Gasteiger partial charge in [-0.15, -0.1) is 0 Å². The Morgan fingerprint density at radius 2 is 1.88 bits per heavy atom. The van der Waals surface area contributed by atoms with Crippen molar-refractivity contribution in [3.63, 3.8) is 0 Å². The van der Waals surface area contributed by atoms with Gasteiger partial charge in [-0.3, -0.25) is 4.79 Å². The van der Waals surface area contributed by atoms with Crippen molar-refractivity contribution in [1.82, 2.24) is 5.32 Å². The molecule has 7 N–H and O–H groups in total. The first-order valence-electron chi connectivity index (χ1n) is 7.45. The molecular formula is C12H23N2NaO10S. The molecule has 0 spiro atoms. The Morgan fingerprint density at radius 1 is 1.27 bits per heavy atom. The summed E-state index contributed by atoms with van der Waals surface area (Å²) >= 11 is 0. The molecule has 1 amide bonds. The number of hydrogen-bond donors (Lipinski definition) is 6. The number of nitrogens with one attached hydrogen (secondary N) is 1. The third-order valence-corrected chi connectivity index (χ3v) is 4.28. The van der Waals surface area contributed by atoms with Gasteiger partial charge in [-0.1, -0.05) is 0 Å². The van der Waals surface area contributed by atoms with Gasteiger partial charge in [-0.25, -0.2) is 8.42 Å². The van der Waals surface area contributed by atoms with Gasteiger partial charge >= 0.3 is 29.6 Å². The number of hydrogen-bond acceptors (Lipinski definition) is 11. The first-order chi connectivity index (χ1) is 11.6. The third kappa shape index (κ3) is 8.41. The van der Waals surface area contributed by atoms with E-state index < -0.39 is 71.7 Å². The molecule has 1 saturated heterocycles. The minimum absolute atomic E-state index is 0. The smallest absolute Gasteiger partial charge is 0.748 e. The predicted molar refractivity (Wildman–Crippen MR) is 79.9 cm³/mol. The molecule has 1 rings (SSSR count). The number of carbonyl (C=O) groups is 1.